The lowest BCUT2D eigenvalue weighted by molar-refractivity contribution is -0.313. The molecule has 0 aliphatic heterocycles. The number of aliphatic carboxylic acids is 1. The predicted molar refractivity (Wildman–Crippen MR) is 105 cm³/mol. The number of rotatable bonds is 5. The van der Waals surface area contributed by atoms with Gasteiger partial charge in [0, 0.05) is 16.8 Å². The first-order valence-corrected chi connectivity index (χ1v) is 10.8. The Balaban J connectivity index is 1.90. The first-order valence-electron chi connectivity index (χ1n) is 10.0. The van der Waals surface area contributed by atoms with Crippen LogP contribution in [-0.2, 0) is 27.2 Å². The molecule has 3 rings (SSSR count). The van der Waals surface area contributed by atoms with Crippen LogP contribution in [0.4, 0.5) is 5.00 Å². The lowest BCUT2D eigenvalue weighted by Gasteiger charge is -2.28. The third-order valence-electron chi connectivity index (χ3n) is 5.46. The molecule has 0 unspecified atom stereocenters. The number of amides is 1. The number of ether oxygens (including phenoxy) is 1. The summed E-state index contributed by atoms with van der Waals surface area (Å²) < 4.78 is 5.25. The maximum atomic E-state index is 12.9. The van der Waals surface area contributed by atoms with Gasteiger partial charge in [-0.15, -0.1) is 11.3 Å². The molecule has 0 aromatic carbocycles. The lowest BCUT2D eigenvalue weighted by atomic mass is 9.82. The molecular formula is C21H26NO5S-. The first kappa shape index (κ1) is 20.6. The average Bonchev–Trinajstić information content (AvgIpc) is 2.98. The third-order valence-corrected chi connectivity index (χ3v) is 6.67. The number of carboxylic acid groups (broad SMARTS) is 1. The van der Waals surface area contributed by atoms with Crippen molar-refractivity contribution in [3.63, 3.8) is 0 Å². The molecule has 2 aliphatic carbocycles. The molecule has 1 N–H and O–H groups in total. The number of carbonyl (C=O) groups excluding carboxylic acids is 3. The van der Waals surface area contributed by atoms with E-state index in [9.17, 15) is 19.5 Å². The van der Waals surface area contributed by atoms with Crippen LogP contribution in [0.5, 0.6) is 0 Å². The monoisotopic (exact) mass is 404 g/mol. The Bertz CT molecular complexity index is 782. The summed E-state index contributed by atoms with van der Waals surface area (Å²) in [6.45, 7) is 2.02. The number of anilines is 1. The van der Waals surface area contributed by atoms with Crippen LogP contribution in [0.15, 0.2) is 12.2 Å². The maximum absolute atomic E-state index is 12.9. The molecule has 1 amide bonds. The minimum Gasteiger partial charge on any atom is -0.550 e. The zero-order chi connectivity index (χ0) is 20.1. The van der Waals surface area contributed by atoms with Crippen molar-refractivity contribution in [3.8, 4) is 0 Å². The number of thiophene rings is 1. The van der Waals surface area contributed by atoms with E-state index in [2.05, 4.69) is 5.32 Å². The second kappa shape index (κ2) is 9.37. The van der Waals surface area contributed by atoms with Crippen molar-refractivity contribution < 1.29 is 24.2 Å². The minimum atomic E-state index is -1.21. The van der Waals surface area contributed by atoms with Gasteiger partial charge in [0.1, 0.15) is 5.00 Å². The van der Waals surface area contributed by atoms with Crippen molar-refractivity contribution >= 4 is 34.2 Å². The van der Waals surface area contributed by atoms with Crippen LogP contribution >= 0.6 is 11.3 Å². The molecule has 1 heterocycles. The summed E-state index contributed by atoms with van der Waals surface area (Å²) in [7, 11) is 0. The number of allylic oxidation sites excluding steroid dienone is 2. The molecule has 6 nitrogen and oxygen atoms in total. The average molecular weight is 405 g/mol. The number of fused-ring (bicyclic) bond motifs is 1. The molecule has 2 aliphatic rings. The highest BCUT2D eigenvalue weighted by atomic mass is 32.1. The topological polar surface area (TPSA) is 95.5 Å². The highest BCUT2D eigenvalue weighted by molar-refractivity contribution is 7.17. The van der Waals surface area contributed by atoms with Crippen molar-refractivity contribution in [2.75, 3.05) is 11.9 Å². The second-order valence-corrected chi connectivity index (χ2v) is 8.41. The van der Waals surface area contributed by atoms with Crippen molar-refractivity contribution in [1.29, 1.82) is 0 Å². The highest BCUT2D eigenvalue weighted by Gasteiger charge is 2.32. The molecule has 0 bridgehead atoms. The van der Waals surface area contributed by atoms with Crippen molar-refractivity contribution in [1.82, 2.24) is 0 Å². The second-order valence-electron chi connectivity index (χ2n) is 7.31. The van der Waals surface area contributed by atoms with Crippen LogP contribution < -0.4 is 10.4 Å². The molecule has 0 saturated heterocycles. The van der Waals surface area contributed by atoms with Gasteiger partial charge >= 0.3 is 5.97 Å². The smallest absolute Gasteiger partial charge is 0.341 e. The Kier molecular flexibility index (Phi) is 6.88. The fourth-order valence-corrected chi connectivity index (χ4v) is 5.28. The summed E-state index contributed by atoms with van der Waals surface area (Å²) >= 11 is 1.43. The van der Waals surface area contributed by atoms with Crippen molar-refractivity contribution in [2.24, 2.45) is 11.8 Å². The van der Waals surface area contributed by atoms with Crippen molar-refractivity contribution in [2.45, 2.75) is 58.3 Å². The van der Waals surface area contributed by atoms with Gasteiger partial charge in [-0.25, -0.2) is 4.79 Å². The zero-order valence-electron chi connectivity index (χ0n) is 16.1. The zero-order valence-corrected chi connectivity index (χ0v) is 16.9. The summed E-state index contributed by atoms with van der Waals surface area (Å²) in [5, 5.41) is 14.8. The number of esters is 1. The summed E-state index contributed by atoms with van der Waals surface area (Å²) in [6, 6.07) is 0. The standard InChI is InChI=1S/C21H27NO5S/c1-2-27-21(26)17-15-11-5-3-4-6-12-16(15)28-19(17)22-18(23)13-9-7-8-10-14(13)20(24)25/h7-8,13-14H,2-6,9-12H2,1H3,(H,22,23)(H,24,25)/p-1/t13-,14+/m0/s1. The first-order chi connectivity index (χ1) is 13.5. The molecule has 1 aromatic heterocycles. The van der Waals surface area contributed by atoms with E-state index in [0.717, 1.165) is 49.0 Å². The van der Waals surface area contributed by atoms with E-state index in [4.69, 9.17) is 4.74 Å². The molecule has 2 atom stereocenters. The Morgan fingerprint density at radius 3 is 2.46 bits per heavy atom. The largest absolute Gasteiger partial charge is 0.550 e. The number of carboxylic acids is 1. The molecule has 152 valence electrons. The van der Waals surface area contributed by atoms with Gasteiger partial charge in [-0.05, 0) is 51.0 Å². The summed E-state index contributed by atoms with van der Waals surface area (Å²) in [5.41, 5.74) is 1.44. The van der Waals surface area contributed by atoms with Gasteiger partial charge < -0.3 is 20.0 Å². The van der Waals surface area contributed by atoms with E-state index >= 15 is 0 Å². The maximum Gasteiger partial charge on any atom is 0.341 e. The summed E-state index contributed by atoms with van der Waals surface area (Å²) in [5.74, 6) is -3.56. The van der Waals surface area contributed by atoms with E-state index in [1.165, 1.54) is 11.3 Å². The van der Waals surface area contributed by atoms with Crippen LogP contribution in [0.3, 0.4) is 0 Å². The Hall–Kier alpha value is -2.15. The fraction of sp³-hybridized carbons (Fsp3) is 0.571. The van der Waals surface area contributed by atoms with Gasteiger partial charge in [0.2, 0.25) is 5.91 Å². The summed E-state index contributed by atoms with van der Waals surface area (Å²) in [4.78, 5) is 38.1. The predicted octanol–water partition coefficient (Wildman–Crippen LogP) is 2.85. The minimum absolute atomic E-state index is 0.261. The van der Waals surface area contributed by atoms with Gasteiger partial charge in [-0.2, -0.15) is 0 Å². The van der Waals surface area contributed by atoms with E-state index in [1.807, 2.05) is 6.08 Å². The Morgan fingerprint density at radius 1 is 1.11 bits per heavy atom. The molecular weight excluding hydrogens is 378 g/mol. The number of hydrogen-bond acceptors (Lipinski definition) is 6. The normalized spacial score (nSPS) is 21.9. The van der Waals surface area contributed by atoms with E-state index in [0.29, 0.717) is 17.0 Å². The molecule has 0 radical (unpaired) electrons. The number of aryl methyl sites for hydroxylation is 1. The van der Waals surface area contributed by atoms with Crippen LogP contribution in [-0.4, -0.2) is 24.5 Å². The van der Waals surface area contributed by atoms with Gasteiger partial charge in [0.25, 0.3) is 0 Å². The van der Waals surface area contributed by atoms with E-state index < -0.39 is 23.8 Å². The van der Waals surface area contributed by atoms with Crippen LogP contribution in [0.25, 0.3) is 0 Å². The van der Waals surface area contributed by atoms with Gasteiger partial charge in [0.15, 0.2) is 0 Å². The number of nitrogens with one attached hydrogen (secondary N) is 1. The van der Waals surface area contributed by atoms with E-state index in [-0.39, 0.29) is 18.9 Å². The SMILES string of the molecule is CCOC(=O)c1c(NC(=O)[C@H]2CC=CC[C@H]2C(=O)[O-])sc2c1CCCCCC2. The van der Waals surface area contributed by atoms with Crippen LogP contribution in [0.1, 0.15) is 66.2 Å². The summed E-state index contributed by atoms with van der Waals surface area (Å²) in [6.07, 6.45) is 10.3. The molecule has 28 heavy (non-hydrogen) atoms. The molecule has 7 heteroatoms. The Labute approximate surface area is 169 Å². The third kappa shape index (κ3) is 4.46. The molecule has 0 fully saturated rings. The fourth-order valence-electron chi connectivity index (χ4n) is 4.00. The highest BCUT2D eigenvalue weighted by Crippen LogP contribution is 2.38. The molecule has 0 saturated carbocycles. The van der Waals surface area contributed by atoms with Gasteiger partial charge in [-0.1, -0.05) is 25.0 Å². The number of hydrogen-bond donors (Lipinski definition) is 1. The molecule has 0 spiro atoms. The Morgan fingerprint density at radius 2 is 1.79 bits per heavy atom. The lowest BCUT2D eigenvalue weighted by Crippen LogP contribution is -2.41. The van der Waals surface area contributed by atoms with Gasteiger partial charge in [0.05, 0.1) is 18.1 Å². The van der Waals surface area contributed by atoms with Crippen molar-refractivity contribution in [3.05, 3.63) is 28.2 Å². The quantitative estimate of drug-likeness (QED) is 0.601. The van der Waals surface area contributed by atoms with E-state index in [1.54, 1.807) is 13.0 Å². The van der Waals surface area contributed by atoms with Gasteiger partial charge in [-0.3, -0.25) is 4.79 Å². The number of carbonyl (C=O) groups is 3. The van der Waals surface area contributed by atoms with Crippen LogP contribution in [0, 0.1) is 11.8 Å². The van der Waals surface area contributed by atoms with Crippen LogP contribution in [0.2, 0.25) is 0 Å². The molecule has 1 aromatic rings.